The van der Waals surface area contributed by atoms with Gasteiger partial charge in [0, 0.05) is 26.0 Å². The number of urea groups is 1. The molecule has 8 nitrogen and oxygen atoms in total. The molecule has 0 bridgehead atoms. The van der Waals surface area contributed by atoms with Crippen LogP contribution in [0.3, 0.4) is 0 Å². The van der Waals surface area contributed by atoms with Gasteiger partial charge in [0.1, 0.15) is 6.04 Å². The summed E-state index contributed by atoms with van der Waals surface area (Å²) in [5.74, 6) is -2.11. The Morgan fingerprint density at radius 3 is 2.70 bits per heavy atom. The molecule has 1 rings (SSSR count). The lowest BCUT2D eigenvalue weighted by atomic mass is 10.2. The van der Waals surface area contributed by atoms with Crippen LogP contribution in [0.4, 0.5) is 4.79 Å². The summed E-state index contributed by atoms with van der Waals surface area (Å²) in [7, 11) is 1.51. The van der Waals surface area contributed by atoms with Crippen LogP contribution in [0.15, 0.2) is 24.5 Å². The van der Waals surface area contributed by atoms with E-state index >= 15 is 0 Å². The molecule has 0 spiro atoms. The van der Waals surface area contributed by atoms with E-state index in [-0.39, 0.29) is 6.54 Å². The number of carboxylic acids is 1. The smallest absolute Gasteiger partial charge is 0.326 e. The van der Waals surface area contributed by atoms with Gasteiger partial charge in [0.15, 0.2) is 0 Å². The molecule has 0 aliphatic rings. The molecule has 0 saturated heterocycles. The normalized spacial score (nSPS) is 11.4. The number of aromatic nitrogens is 1. The fourth-order valence-electron chi connectivity index (χ4n) is 1.50. The fraction of sp³-hybridized carbons (Fsp3) is 0.333. The first kappa shape index (κ1) is 15.4. The molecule has 4 N–H and O–H groups in total. The Kier molecular flexibility index (Phi) is 5.45. The van der Waals surface area contributed by atoms with Crippen molar-refractivity contribution in [2.75, 3.05) is 7.05 Å². The number of aliphatic carboxylic acids is 1. The Bertz CT molecular complexity index is 491. The number of primary amides is 1. The number of nitrogens with one attached hydrogen (secondary N) is 1. The Morgan fingerprint density at radius 2 is 2.20 bits per heavy atom. The molecule has 0 aliphatic carbocycles. The minimum absolute atomic E-state index is 0.266. The van der Waals surface area contributed by atoms with Crippen LogP contribution in [0.25, 0.3) is 0 Å². The van der Waals surface area contributed by atoms with Gasteiger partial charge in [-0.3, -0.25) is 9.78 Å². The second-order valence-electron chi connectivity index (χ2n) is 4.23. The van der Waals surface area contributed by atoms with Crippen LogP contribution >= 0.6 is 0 Å². The van der Waals surface area contributed by atoms with Crippen molar-refractivity contribution in [3.05, 3.63) is 30.1 Å². The van der Waals surface area contributed by atoms with Crippen LogP contribution in [-0.4, -0.2) is 46.0 Å². The minimum atomic E-state index is -1.34. The molecular weight excluding hydrogens is 264 g/mol. The highest BCUT2D eigenvalue weighted by Gasteiger charge is 2.23. The SMILES string of the molecule is CN(Cc1cccnc1)C(=O)NC(CC(N)=O)C(=O)O. The number of pyridine rings is 1. The molecule has 3 amide bonds. The lowest BCUT2D eigenvalue weighted by molar-refractivity contribution is -0.140. The van der Waals surface area contributed by atoms with E-state index in [0.717, 1.165) is 5.56 Å². The van der Waals surface area contributed by atoms with E-state index in [0.29, 0.717) is 0 Å². The lowest BCUT2D eigenvalue weighted by Gasteiger charge is -2.20. The largest absolute Gasteiger partial charge is 0.480 e. The Labute approximate surface area is 115 Å². The van der Waals surface area contributed by atoms with Gasteiger partial charge in [-0.2, -0.15) is 0 Å². The van der Waals surface area contributed by atoms with Crippen molar-refractivity contribution >= 4 is 17.9 Å². The average molecular weight is 280 g/mol. The number of carboxylic acid groups (broad SMARTS) is 1. The van der Waals surface area contributed by atoms with Crippen LogP contribution in [0.2, 0.25) is 0 Å². The number of nitrogens with two attached hydrogens (primary N) is 1. The summed E-state index contributed by atoms with van der Waals surface area (Å²) in [6.45, 7) is 0.266. The highest BCUT2D eigenvalue weighted by Crippen LogP contribution is 2.02. The Hall–Kier alpha value is -2.64. The molecule has 1 heterocycles. The van der Waals surface area contributed by atoms with Gasteiger partial charge in [0.25, 0.3) is 0 Å². The van der Waals surface area contributed by atoms with Gasteiger partial charge < -0.3 is 21.1 Å². The molecule has 8 heteroatoms. The van der Waals surface area contributed by atoms with E-state index in [2.05, 4.69) is 10.3 Å². The number of amides is 3. The minimum Gasteiger partial charge on any atom is -0.480 e. The summed E-state index contributed by atoms with van der Waals surface area (Å²) in [6.07, 6.45) is 2.75. The molecule has 1 aromatic heterocycles. The Balaban J connectivity index is 2.59. The molecule has 0 saturated carbocycles. The number of hydrogen-bond donors (Lipinski definition) is 3. The van der Waals surface area contributed by atoms with Gasteiger partial charge >= 0.3 is 12.0 Å². The zero-order valence-corrected chi connectivity index (χ0v) is 10.9. The molecule has 1 aromatic rings. The highest BCUT2D eigenvalue weighted by molar-refractivity contribution is 5.87. The van der Waals surface area contributed by atoms with Gasteiger partial charge in [-0.25, -0.2) is 9.59 Å². The number of rotatable bonds is 6. The number of carbonyl (C=O) groups is 3. The van der Waals surface area contributed by atoms with Crippen LogP contribution in [-0.2, 0) is 16.1 Å². The van der Waals surface area contributed by atoms with Crippen molar-refractivity contribution in [2.45, 2.75) is 19.0 Å². The van der Waals surface area contributed by atoms with Gasteiger partial charge in [-0.05, 0) is 11.6 Å². The summed E-state index contributed by atoms with van der Waals surface area (Å²) in [5.41, 5.74) is 5.73. The summed E-state index contributed by atoms with van der Waals surface area (Å²) in [5, 5.41) is 11.1. The summed E-state index contributed by atoms with van der Waals surface area (Å²) in [4.78, 5) is 38.7. The first-order valence-corrected chi connectivity index (χ1v) is 5.81. The summed E-state index contributed by atoms with van der Waals surface area (Å²) >= 11 is 0. The standard InChI is InChI=1S/C12H16N4O4/c1-16(7-8-3-2-4-14-6-8)12(20)15-9(11(18)19)5-10(13)17/h2-4,6,9H,5,7H2,1H3,(H2,13,17)(H,15,20)(H,18,19). The van der Waals surface area contributed by atoms with Crippen LogP contribution < -0.4 is 11.1 Å². The second kappa shape index (κ2) is 7.07. The Morgan fingerprint density at radius 1 is 1.50 bits per heavy atom. The zero-order valence-electron chi connectivity index (χ0n) is 10.9. The quantitative estimate of drug-likeness (QED) is 0.650. The predicted molar refractivity (Wildman–Crippen MR) is 69.5 cm³/mol. The van der Waals surface area contributed by atoms with Crippen molar-refractivity contribution in [1.82, 2.24) is 15.2 Å². The molecule has 1 unspecified atom stereocenters. The zero-order chi connectivity index (χ0) is 15.1. The third kappa shape index (κ3) is 4.92. The molecule has 0 radical (unpaired) electrons. The number of hydrogen-bond acceptors (Lipinski definition) is 4. The fourth-order valence-corrected chi connectivity index (χ4v) is 1.50. The molecule has 108 valence electrons. The highest BCUT2D eigenvalue weighted by atomic mass is 16.4. The first-order valence-electron chi connectivity index (χ1n) is 5.81. The lowest BCUT2D eigenvalue weighted by Crippen LogP contribution is -2.48. The predicted octanol–water partition coefficient (Wildman–Crippen LogP) is -0.448. The molecule has 20 heavy (non-hydrogen) atoms. The van der Waals surface area contributed by atoms with Crippen LogP contribution in [0.1, 0.15) is 12.0 Å². The molecule has 0 aliphatic heterocycles. The third-order valence-electron chi connectivity index (χ3n) is 2.49. The van der Waals surface area contributed by atoms with E-state index in [9.17, 15) is 14.4 Å². The van der Waals surface area contributed by atoms with Gasteiger partial charge in [0.2, 0.25) is 5.91 Å². The van der Waals surface area contributed by atoms with E-state index in [1.807, 2.05) is 0 Å². The topological polar surface area (TPSA) is 126 Å². The van der Waals surface area contributed by atoms with Gasteiger partial charge in [0.05, 0.1) is 6.42 Å². The van der Waals surface area contributed by atoms with E-state index < -0.39 is 30.4 Å². The maximum absolute atomic E-state index is 11.8. The first-order chi connectivity index (χ1) is 9.40. The monoisotopic (exact) mass is 280 g/mol. The van der Waals surface area contributed by atoms with Crippen LogP contribution in [0.5, 0.6) is 0 Å². The van der Waals surface area contributed by atoms with Gasteiger partial charge in [-0.15, -0.1) is 0 Å². The molecule has 1 atom stereocenters. The summed E-state index contributed by atoms with van der Waals surface area (Å²) in [6, 6.07) is 1.57. The molecular formula is C12H16N4O4. The van der Waals surface area contributed by atoms with Crippen LogP contribution in [0, 0.1) is 0 Å². The van der Waals surface area contributed by atoms with E-state index in [4.69, 9.17) is 10.8 Å². The van der Waals surface area contributed by atoms with Crippen molar-refractivity contribution in [1.29, 1.82) is 0 Å². The van der Waals surface area contributed by atoms with Crippen molar-refractivity contribution in [3.8, 4) is 0 Å². The molecule has 0 fully saturated rings. The number of nitrogens with zero attached hydrogens (tertiary/aromatic N) is 2. The van der Waals surface area contributed by atoms with E-state index in [1.165, 1.54) is 11.9 Å². The average Bonchev–Trinajstić information content (AvgIpc) is 2.38. The van der Waals surface area contributed by atoms with Crippen molar-refractivity contribution in [2.24, 2.45) is 5.73 Å². The van der Waals surface area contributed by atoms with Crippen molar-refractivity contribution < 1.29 is 19.5 Å². The second-order valence-corrected chi connectivity index (χ2v) is 4.23. The number of carbonyl (C=O) groups excluding carboxylic acids is 2. The van der Waals surface area contributed by atoms with E-state index in [1.54, 1.807) is 24.5 Å². The maximum atomic E-state index is 11.8. The summed E-state index contributed by atoms with van der Waals surface area (Å²) < 4.78 is 0. The third-order valence-corrected chi connectivity index (χ3v) is 2.49. The molecule has 0 aromatic carbocycles. The maximum Gasteiger partial charge on any atom is 0.326 e. The van der Waals surface area contributed by atoms with Gasteiger partial charge in [-0.1, -0.05) is 6.07 Å². The van der Waals surface area contributed by atoms with Crippen molar-refractivity contribution in [3.63, 3.8) is 0 Å².